The molecule has 1 heterocycles. The van der Waals surface area contributed by atoms with Crippen molar-refractivity contribution in [2.45, 2.75) is 167 Å². The van der Waals surface area contributed by atoms with E-state index in [9.17, 15) is 28.7 Å². The molecule has 4 N–H and O–H groups in total. The molecule has 0 radical (unpaired) electrons. The van der Waals surface area contributed by atoms with Crippen LogP contribution in [0, 0.1) is 0 Å². The molecule has 0 aromatic rings. The fourth-order valence-corrected chi connectivity index (χ4v) is 6.82. The second-order valence-electron chi connectivity index (χ2n) is 15.0. The van der Waals surface area contributed by atoms with E-state index < -0.39 is 66.2 Å². The molecule has 0 spiro atoms. The summed E-state index contributed by atoms with van der Waals surface area (Å²) in [7, 11) is -9.72. The lowest BCUT2D eigenvalue weighted by atomic mass is 10.1. The molecule has 1 aliphatic heterocycles. The number of carbonyl (C=O) groups is 2. The molecule has 0 aliphatic carbocycles. The van der Waals surface area contributed by atoms with Gasteiger partial charge in [-0.1, -0.05) is 125 Å². The average Bonchev–Trinajstić information content (AvgIpc) is 3.99. The normalized spacial score (nSPS) is 18.0. The minimum Gasteiger partial charge on any atom is -0.462 e. The molecule has 0 amide bonds. The highest BCUT2D eigenvalue weighted by molar-refractivity contribution is 7.47. The zero-order chi connectivity index (χ0) is 45.6. The Morgan fingerprint density at radius 1 is 0.565 bits per heavy atom. The zero-order valence-electron chi connectivity index (χ0n) is 37.1. The smallest absolute Gasteiger partial charge is 0.462 e. The Labute approximate surface area is 371 Å². The number of hydrogen-bond acceptors (Lipinski definition) is 11. The molecular formula is C46H76O14P2. The van der Waals surface area contributed by atoms with E-state index in [1.54, 1.807) is 0 Å². The van der Waals surface area contributed by atoms with Gasteiger partial charge >= 0.3 is 27.6 Å². The van der Waals surface area contributed by atoms with Crippen LogP contribution in [0.5, 0.6) is 0 Å². The highest BCUT2D eigenvalue weighted by Crippen LogP contribution is 2.44. The lowest BCUT2D eigenvalue weighted by Gasteiger charge is -2.20. The summed E-state index contributed by atoms with van der Waals surface area (Å²) in [5, 5.41) is 9.76. The third-order valence-corrected chi connectivity index (χ3v) is 10.6. The maximum Gasteiger partial charge on any atom is 0.472 e. The van der Waals surface area contributed by atoms with Gasteiger partial charge in [0, 0.05) is 12.8 Å². The standard InChI is InChI=1S/C46H76O14P2/c1-3-5-7-9-11-12-13-14-15-16-17-18-19-20-23-27-31-35-45(48)55-39-42(40-58-62(53,54)57-38-41(47)37-56-61(50,51)52)59-46(49)36-32-28-24-21-22-26-30-34-44-43(60-44)33-29-25-10-8-6-4-2/h5,7,11-12,14-15,17-18,21,24-26,29-30,41-44,47H,3-4,6,8-10,13,16,19-20,22-23,27-28,31-40H2,1-2H3,(H,53,54)(H2,50,51,52)/b7-5-,12-11-,15-14-,18-17-,24-21-,29-25-,30-26-/t41-,42+,43?,44?/m0/s1. The number of epoxide rings is 1. The Hall–Kier alpha value is -2.74. The molecule has 0 bridgehead atoms. The van der Waals surface area contributed by atoms with E-state index in [0.29, 0.717) is 25.4 Å². The SMILES string of the molecule is CC/C=C\C/C=C\C/C=C\C/C=C\CCCCCCC(=O)OC[C@H](COP(=O)(O)OC[C@@H](O)COP(=O)(O)O)OC(=O)CCC/C=C\C/C=C\CC1OC1C/C=C\CCCCC. The van der Waals surface area contributed by atoms with Gasteiger partial charge in [0.25, 0.3) is 0 Å². The van der Waals surface area contributed by atoms with Gasteiger partial charge in [-0.15, -0.1) is 0 Å². The minimum absolute atomic E-state index is 0.0397. The Balaban J connectivity index is 2.42. The molecule has 0 saturated carbocycles. The first-order valence-corrected chi connectivity index (χ1v) is 25.4. The predicted molar refractivity (Wildman–Crippen MR) is 243 cm³/mol. The molecular weight excluding hydrogens is 838 g/mol. The van der Waals surface area contributed by atoms with Crippen LogP contribution in [0.1, 0.15) is 142 Å². The number of ether oxygens (including phenoxy) is 3. The van der Waals surface area contributed by atoms with Crippen LogP contribution >= 0.6 is 15.6 Å². The predicted octanol–water partition coefficient (Wildman–Crippen LogP) is 10.5. The summed E-state index contributed by atoms with van der Waals surface area (Å²) in [6.45, 7) is 1.50. The van der Waals surface area contributed by atoms with Crippen molar-refractivity contribution in [3.05, 3.63) is 85.1 Å². The van der Waals surface area contributed by atoms with E-state index >= 15 is 0 Å². The first kappa shape index (κ1) is 57.3. The van der Waals surface area contributed by atoms with Gasteiger partial charge in [0.05, 0.1) is 32.0 Å². The maximum atomic E-state index is 12.7. The number of phosphoric acid groups is 2. The van der Waals surface area contributed by atoms with Gasteiger partial charge < -0.3 is 34.0 Å². The van der Waals surface area contributed by atoms with Crippen LogP contribution in [0.2, 0.25) is 0 Å². The topological polar surface area (TPSA) is 208 Å². The summed E-state index contributed by atoms with van der Waals surface area (Å²) >= 11 is 0. The van der Waals surface area contributed by atoms with Crippen molar-refractivity contribution in [2.75, 3.05) is 26.4 Å². The number of carbonyl (C=O) groups excluding carboxylic acids is 2. The van der Waals surface area contributed by atoms with Gasteiger partial charge in [0.15, 0.2) is 6.10 Å². The number of hydrogen-bond donors (Lipinski definition) is 4. The van der Waals surface area contributed by atoms with Crippen LogP contribution in [0.4, 0.5) is 0 Å². The summed E-state index contributed by atoms with van der Waals surface area (Å²) in [5.74, 6) is -1.14. The van der Waals surface area contributed by atoms with Gasteiger partial charge in [-0.05, 0) is 89.9 Å². The summed E-state index contributed by atoms with van der Waals surface area (Å²) in [4.78, 5) is 52.8. The first-order valence-electron chi connectivity index (χ1n) is 22.4. The van der Waals surface area contributed by atoms with Crippen LogP contribution in [0.25, 0.3) is 0 Å². The van der Waals surface area contributed by atoms with Crippen LogP contribution in [-0.4, -0.2) is 82.6 Å². The minimum atomic E-state index is -4.88. The number of esters is 2. The molecule has 1 aliphatic rings. The third kappa shape index (κ3) is 37.8. The van der Waals surface area contributed by atoms with Crippen molar-refractivity contribution in [3.63, 3.8) is 0 Å². The Kier molecular flexibility index (Phi) is 34.8. The van der Waals surface area contributed by atoms with E-state index in [-0.39, 0.29) is 18.9 Å². The van der Waals surface area contributed by atoms with Gasteiger partial charge in [0.1, 0.15) is 12.7 Å². The number of phosphoric ester groups is 2. The summed E-state index contributed by atoms with van der Waals surface area (Å²) < 4.78 is 53.5. The monoisotopic (exact) mass is 914 g/mol. The van der Waals surface area contributed by atoms with E-state index in [1.165, 1.54) is 19.3 Å². The summed E-state index contributed by atoms with van der Waals surface area (Å²) in [6, 6.07) is 0. The Morgan fingerprint density at radius 2 is 1.05 bits per heavy atom. The molecule has 1 saturated heterocycles. The molecule has 62 heavy (non-hydrogen) atoms. The molecule has 0 aromatic heterocycles. The summed E-state index contributed by atoms with van der Waals surface area (Å²) in [5.41, 5.74) is 0. The zero-order valence-corrected chi connectivity index (χ0v) is 38.9. The van der Waals surface area contributed by atoms with E-state index in [0.717, 1.165) is 77.0 Å². The van der Waals surface area contributed by atoms with Crippen LogP contribution in [0.15, 0.2) is 85.1 Å². The van der Waals surface area contributed by atoms with Gasteiger partial charge in [-0.25, -0.2) is 9.13 Å². The molecule has 3 unspecified atom stereocenters. The lowest BCUT2D eigenvalue weighted by Crippen LogP contribution is -2.29. The molecule has 0 aromatic carbocycles. The molecule has 1 fully saturated rings. The number of aliphatic hydroxyl groups is 1. The lowest BCUT2D eigenvalue weighted by molar-refractivity contribution is -0.161. The molecule has 1 rings (SSSR count). The molecule has 16 heteroatoms. The maximum absolute atomic E-state index is 12.7. The van der Waals surface area contributed by atoms with Gasteiger partial charge in [-0.3, -0.25) is 23.2 Å². The fourth-order valence-electron chi connectivity index (χ4n) is 5.67. The van der Waals surface area contributed by atoms with Crippen molar-refractivity contribution >= 4 is 27.6 Å². The second-order valence-corrected chi connectivity index (χ2v) is 17.7. The largest absolute Gasteiger partial charge is 0.472 e. The molecule has 354 valence electrons. The summed E-state index contributed by atoms with van der Waals surface area (Å²) in [6.07, 6.45) is 44.6. The fraction of sp³-hybridized carbons (Fsp3) is 0.652. The Bertz CT molecular complexity index is 1480. The number of allylic oxidation sites excluding steroid dienone is 12. The van der Waals surface area contributed by atoms with E-state index in [2.05, 4.69) is 95.8 Å². The quantitative estimate of drug-likeness (QED) is 0.0148. The molecule has 14 nitrogen and oxygen atoms in total. The average molecular weight is 915 g/mol. The van der Waals surface area contributed by atoms with Crippen LogP contribution in [-0.2, 0) is 46.5 Å². The van der Waals surface area contributed by atoms with Crippen molar-refractivity contribution in [1.29, 1.82) is 0 Å². The van der Waals surface area contributed by atoms with E-state index in [4.69, 9.17) is 28.5 Å². The van der Waals surface area contributed by atoms with Crippen molar-refractivity contribution in [1.82, 2.24) is 0 Å². The first-order chi connectivity index (χ1) is 29.8. The van der Waals surface area contributed by atoms with Crippen molar-refractivity contribution < 1.29 is 66.3 Å². The highest BCUT2D eigenvalue weighted by atomic mass is 31.2. The highest BCUT2D eigenvalue weighted by Gasteiger charge is 2.36. The second kappa shape index (κ2) is 37.6. The van der Waals surface area contributed by atoms with E-state index in [1.807, 2.05) is 12.2 Å². The van der Waals surface area contributed by atoms with Gasteiger partial charge in [-0.2, -0.15) is 0 Å². The third-order valence-electron chi connectivity index (χ3n) is 9.16. The Morgan fingerprint density at radius 3 is 1.66 bits per heavy atom. The van der Waals surface area contributed by atoms with Gasteiger partial charge in [0.2, 0.25) is 0 Å². The van der Waals surface area contributed by atoms with Crippen LogP contribution in [0.3, 0.4) is 0 Å². The number of aliphatic hydroxyl groups excluding tert-OH is 1. The van der Waals surface area contributed by atoms with Crippen molar-refractivity contribution in [2.24, 2.45) is 0 Å². The number of unbranched alkanes of at least 4 members (excludes halogenated alkanes) is 8. The van der Waals surface area contributed by atoms with Crippen LogP contribution < -0.4 is 0 Å². The molecule has 5 atom stereocenters. The van der Waals surface area contributed by atoms with Crippen molar-refractivity contribution in [3.8, 4) is 0 Å². The number of rotatable bonds is 40.